The largest absolute Gasteiger partial charge is 0.489 e. The lowest BCUT2D eigenvalue weighted by Crippen LogP contribution is -2.41. The van der Waals surface area contributed by atoms with E-state index in [2.05, 4.69) is 19.9 Å². The van der Waals surface area contributed by atoms with E-state index < -0.39 is 11.4 Å². The zero-order valence-corrected chi connectivity index (χ0v) is 26.1. The molecule has 0 radical (unpaired) electrons. The highest BCUT2D eigenvalue weighted by molar-refractivity contribution is 5.98. The molecule has 0 bridgehead atoms. The number of likely N-dealkylation sites (tertiary alicyclic amines) is 1. The number of benzene rings is 2. The number of amides is 1. The Morgan fingerprint density at radius 3 is 2.50 bits per heavy atom. The van der Waals surface area contributed by atoms with Crippen molar-refractivity contribution in [2.24, 2.45) is 0 Å². The van der Waals surface area contributed by atoms with Crippen LogP contribution in [0.2, 0.25) is 0 Å². The zero-order chi connectivity index (χ0) is 32.4. The molecule has 1 fully saturated rings. The Labute approximate surface area is 265 Å². The highest BCUT2D eigenvalue weighted by atomic mass is 19.1. The van der Waals surface area contributed by atoms with Gasteiger partial charge >= 0.3 is 6.09 Å². The molecule has 2 aromatic carbocycles. The molecule has 13 heteroatoms. The van der Waals surface area contributed by atoms with Crippen molar-refractivity contribution in [1.82, 2.24) is 34.6 Å². The van der Waals surface area contributed by atoms with Gasteiger partial charge < -0.3 is 24.8 Å². The Morgan fingerprint density at radius 1 is 1.02 bits per heavy atom. The first-order chi connectivity index (χ1) is 22.0. The van der Waals surface area contributed by atoms with Gasteiger partial charge in [-0.25, -0.2) is 33.8 Å². The summed E-state index contributed by atoms with van der Waals surface area (Å²) < 4.78 is 33.5. The van der Waals surface area contributed by atoms with Gasteiger partial charge in [-0.1, -0.05) is 0 Å². The minimum absolute atomic E-state index is 0.108. The van der Waals surface area contributed by atoms with Gasteiger partial charge in [0.2, 0.25) is 0 Å². The van der Waals surface area contributed by atoms with Crippen LogP contribution < -0.4 is 15.2 Å². The van der Waals surface area contributed by atoms with E-state index in [0.29, 0.717) is 53.0 Å². The number of carbonyl (C=O) groups excluding carboxylic acids is 1. The fourth-order valence-electron chi connectivity index (χ4n) is 5.30. The highest BCUT2D eigenvalue weighted by Gasteiger charge is 2.33. The highest BCUT2D eigenvalue weighted by Crippen LogP contribution is 2.34. The van der Waals surface area contributed by atoms with Crippen molar-refractivity contribution < 1.29 is 23.4 Å². The molecule has 1 aliphatic rings. The predicted octanol–water partition coefficient (Wildman–Crippen LogP) is 6.08. The minimum atomic E-state index is -0.588. The molecule has 5 aromatic rings. The van der Waals surface area contributed by atoms with Crippen LogP contribution in [0.3, 0.4) is 0 Å². The van der Waals surface area contributed by atoms with Crippen LogP contribution in [0.4, 0.5) is 15.0 Å². The van der Waals surface area contributed by atoms with Crippen LogP contribution in [-0.4, -0.2) is 58.9 Å². The summed E-state index contributed by atoms with van der Waals surface area (Å²) in [4.78, 5) is 31.6. The quantitative estimate of drug-likeness (QED) is 0.215. The number of carbonyl (C=O) groups is 1. The number of aromatic nitrogens is 6. The fraction of sp³-hybridized carbons (Fsp3) is 0.333. The van der Waals surface area contributed by atoms with E-state index in [-0.39, 0.29) is 24.5 Å². The molecule has 12 nitrogen and oxygen atoms in total. The number of nitrogens with zero attached hydrogens (tertiary/aromatic N) is 7. The van der Waals surface area contributed by atoms with Crippen molar-refractivity contribution in [3.05, 3.63) is 78.4 Å². The Bertz CT molecular complexity index is 1860. The van der Waals surface area contributed by atoms with Gasteiger partial charge in [0.1, 0.15) is 58.9 Å². The standard InChI is InChI=1S/C33H35FN8O4/c1-20-36-15-21(16-37-20)18-44-26-12-23(34)13-27(14-26)45-25-9-7-22(8-10-25)29-28-30(35)38-19-39-31(28)42(40-29)17-24-6-5-11-41(24)32(43)46-33(2,3)4/h7-10,12-16,19,24H,5-6,11,17-18H2,1-4H3,(H2,35,38,39)/t24-/m1/s1. The second-order valence-electron chi connectivity index (χ2n) is 12.1. The average molecular weight is 627 g/mol. The molecule has 3 aromatic heterocycles. The van der Waals surface area contributed by atoms with Crippen LogP contribution in [0, 0.1) is 12.7 Å². The summed E-state index contributed by atoms with van der Waals surface area (Å²) in [6.45, 7) is 8.59. The Morgan fingerprint density at radius 2 is 1.76 bits per heavy atom. The summed E-state index contributed by atoms with van der Waals surface area (Å²) in [5, 5.41) is 5.49. The van der Waals surface area contributed by atoms with E-state index in [1.54, 1.807) is 47.1 Å². The normalized spacial score (nSPS) is 14.9. The predicted molar refractivity (Wildman–Crippen MR) is 169 cm³/mol. The van der Waals surface area contributed by atoms with E-state index in [1.807, 2.05) is 32.9 Å². The molecular weight excluding hydrogens is 591 g/mol. The SMILES string of the molecule is Cc1ncc(COc2cc(F)cc(Oc3ccc(-c4nn(C[C@H]5CCCN5C(=O)OC(C)(C)C)c5ncnc(N)c45)cc3)c2)cn1. The Kier molecular flexibility index (Phi) is 8.39. The fourth-order valence-corrected chi connectivity index (χ4v) is 5.30. The molecule has 1 saturated heterocycles. The van der Waals surface area contributed by atoms with E-state index in [4.69, 9.17) is 25.0 Å². The van der Waals surface area contributed by atoms with Gasteiger partial charge in [0, 0.05) is 48.3 Å². The smallest absolute Gasteiger partial charge is 0.410 e. The number of fused-ring (bicyclic) bond motifs is 1. The third-order valence-electron chi connectivity index (χ3n) is 7.40. The second-order valence-corrected chi connectivity index (χ2v) is 12.1. The van der Waals surface area contributed by atoms with Crippen LogP contribution in [0.25, 0.3) is 22.3 Å². The van der Waals surface area contributed by atoms with E-state index in [9.17, 15) is 9.18 Å². The molecule has 6 rings (SSSR count). The van der Waals surface area contributed by atoms with Gasteiger partial charge in [0.25, 0.3) is 0 Å². The molecule has 238 valence electrons. The lowest BCUT2D eigenvalue weighted by molar-refractivity contribution is 0.0212. The molecule has 1 atom stereocenters. The van der Waals surface area contributed by atoms with Crippen molar-refractivity contribution >= 4 is 22.9 Å². The molecule has 0 aliphatic carbocycles. The number of rotatable bonds is 8. The zero-order valence-electron chi connectivity index (χ0n) is 26.1. The van der Waals surface area contributed by atoms with Crippen LogP contribution in [0.1, 0.15) is 45.0 Å². The molecule has 4 heterocycles. The maximum Gasteiger partial charge on any atom is 0.410 e. The molecule has 0 unspecified atom stereocenters. The molecule has 1 aliphatic heterocycles. The number of nitrogens with two attached hydrogens (primary N) is 1. The average Bonchev–Trinajstić information content (AvgIpc) is 3.62. The van der Waals surface area contributed by atoms with Gasteiger partial charge in [0.15, 0.2) is 5.65 Å². The summed E-state index contributed by atoms with van der Waals surface area (Å²) >= 11 is 0. The van der Waals surface area contributed by atoms with Crippen molar-refractivity contribution in [3.63, 3.8) is 0 Å². The first kappa shape index (κ1) is 30.7. The maximum absolute atomic E-state index is 14.4. The van der Waals surface area contributed by atoms with Crippen molar-refractivity contribution in [2.45, 2.75) is 65.3 Å². The van der Waals surface area contributed by atoms with Crippen molar-refractivity contribution in [1.29, 1.82) is 0 Å². The second kappa shape index (κ2) is 12.6. The van der Waals surface area contributed by atoms with E-state index >= 15 is 0 Å². The van der Waals surface area contributed by atoms with Crippen molar-refractivity contribution in [3.8, 4) is 28.5 Å². The number of hydrogen-bond donors (Lipinski definition) is 1. The van der Waals surface area contributed by atoms with E-state index in [1.165, 1.54) is 18.5 Å². The number of hydrogen-bond acceptors (Lipinski definition) is 10. The van der Waals surface area contributed by atoms with Crippen LogP contribution >= 0.6 is 0 Å². The monoisotopic (exact) mass is 626 g/mol. The van der Waals surface area contributed by atoms with Gasteiger partial charge in [-0.3, -0.25) is 0 Å². The summed E-state index contributed by atoms with van der Waals surface area (Å²) in [6.07, 6.45) is 6.09. The first-order valence-corrected chi connectivity index (χ1v) is 15.0. The number of aryl methyl sites for hydroxylation is 1. The number of ether oxygens (including phenoxy) is 3. The first-order valence-electron chi connectivity index (χ1n) is 15.0. The third-order valence-corrected chi connectivity index (χ3v) is 7.40. The van der Waals surface area contributed by atoms with Crippen LogP contribution in [0.5, 0.6) is 17.2 Å². The van der Waals surface area contributed by atoms with Crippen LogP contribution in [-0.2, 0) is 17.9 Å². The number of nitrogen functional groups attached to an aromatic ring is 1. The lowest BCUT2D eigenvalue weighted by atomic mass is 10.1. The van der Waals surface area contributed by atoms with Gasteiger partial charge in [-0.2, -0.15) is 5.10 Å². The molecular formula is C33H35FN8O4. The number of anilines is 1. The maximum atomic E-state index is 14.4. The molecule has 46 heavy (non-hydrogen) atoms. The van der Waals surface area contributed by atoms with E-state index in [0.717, 1.165) is 24.0 Å². The molecule has 1 amide bonds. The summed E-state index contributed by atoms with van der Waals surface area (Å²) in [7, 11) is 0. The summed E-state index contributed by atoms with van der Waals surface area (Å²) in [5.41, 5.74) is 8.43. The topological polar surface area (TPSA) is 143 Å². The lowest BCUT2D eigenvalue weighted by Gasteiger charge is -2.28. The molecule has 0 spiro atoms. The van der Waals surface area contributed by atoms with Gasteiger partial charge in [-0.15, -0.1) is 0 Å². The van der Waals surface area contributed by atoms with Crippen molar-refractivity contribution in [2.75, 3.05) is 12.3 Å². The van der Waals surface area contributed by atoms with Gasteiger partial charge in [0.05, 0.1) is 18.0 Å². The number of halogens is 1. The third kappa shape index (κ3) is 6.98. The molecule has 2 N–H and O–H groups in total. The summed E-state index contributed by atoms with van der Waals surface area (Å²) in [6, 6.07) is 11.3. The Balaban J connectivity index is 1.20. The summed E-state index contributed by atoms with van der Waals surface area (Å²) in [5.74, 6) is 1.54. The van der Waals surface area contributed by atoms with Crippen LogP contribution in [0.15, 0.2) is 61.2 Å². The molecule has 0 saturated carbocycles. The Hall–Kier alpha value is -5.33. The van der Waals surface area contributed by atoms with Gasteiger partial charge in [-0.05, 0) is 64.8 Å². The minimum Gasteiger partial charge on any atom is -0.489 e.